The van der Waals surface area contributed by atoms with Crippen molar-refractivity contribution in [3.63, 3.8) is 0 Å². The van der Waals surface area contributed by atoms with Crippen LogP contribution in [0.3, 0.4) is 0 Å². The third kappa shape index (κ3) is 2.84. The first-order valence-electron chi connectivity index (χ1n) is 4.26. The monoisotopic (exact) mass is 266 g/mol. The topological polar surface area (TPSA) is 103 Å². The number of carbonyl (C=O) groups is 1. The van der Waals surface area contributed by atoms with E-state index >= 15 is 0 Å². The Hall–Kier alpha value is -2.39. The predicted octanol–water partition coefficient (Wildman–Crippen LogP) is 1.90. The molecule has 1 aromatic rings. The lowest BCUT2D eigenvalue weighted by atomic mass is 10.2. The molecule has 0 aliphatic carbocycles. The number of alkyl halides is 3. The molecule has 0 aliphatic heterocycles. The molecule has 18 heavy (non-hydrogen) atoms. The Morgan fingerprint density at radius 1 is 1.56 bits per heavy atom. The number of carboxylic acid groups (broad SMARTS) is 1. The van der Waals surface area contributed by atoms with Crippen LogP contribution in [-0.4, -0.2) is 27.3 Å². The summed E-state index contributed by atoms with van der Waals surface area (Å²) in [5.41, 5.74) is -2.39. The van der Waals surface area contributed by atoms with Crippen LogP contribution in [0.2, 0.25) is 0 Å². The van der Waals surface area contributed by atoms with Crippen LogP contribution in [0.25, 0.3) is 0 Å². The van der Waals surface area contributed by atoms with E-state index in [1.54, 1.807) is 0 Å². The second-order valence-corrected chi connectivity index (χ2v) is 3.06. The maximum atomic E-state index is 12.1. The van der Waals surface area contributed by atoms with E-state index < -0.39 is 39.9 Å². The van der Waals surface area contributed by atoms with Gasteiger partial charge in [-0.25, -0.2) is 9.78 Å². The fourth-order valence-electron chi connectivity index (χ4n) is 1.17. The average molecular weight is 266 g/mol. The summed E-state index contributed by atoms with van der Waals surface area (Å²) in [4.78, 5) is 23.2. The number of halogens is 3. The molecule has 7 nitrogen and oxygen atoms in total. The van der Waals surface area contributed by atoms with Crippen molar-refractivity contribution in [1.29, 1.82) is 0 Å². The van der Waals surface area contributed by atoms with E-state index in [-0.39, 0.29) is 0 Å². The minimum atomic E-state index is -5.17. The zero-order valence-corrected chi connectivity index (χ0v) is 8.69. The lowest BCUT2D eigenvalue weighted by Crippen LogP contribution is -2.20. The van der Waals surface area contributed by atoms with Gasteiger partial charge in [0.25, 0.3) is 0 Å². The highest BCUT2D eigenvalue weighted by molar-refractivity contribution is 5.88. The smallest absolute Gasteiger partial charge is 0.477 e. The summed E-state index contributed by atoms with van der Waals surface area (Å²) in [5, 5.41) is 19.2. The SMILES string of the molecule is Cc1c(C(=O)O)ncc([N+](=O)[O-])c1OC(F)(F)F. The van der Waals surface area contributed by atoms with Crippen LogP contribution in [0.1, 0.15) is 16.1 Å². The van der Waals surface area contributed by atoms with Gasteiger partial charge in [-0.05, 0) is 6.92 Å². The van der Waals surface area contributed by atoms with E-state index in [0.29, 0.717) is 6.20 Å². The molecule has 0 saturated heterocycles. The lowest BCUT2D eigenvalue weighted by Gasteiger charge is -2.12. The van der Waals surface area contributed by atoms with Gasteiger partial charge in [0, 0.05) is 5.56 Å². The van der Waals surface area contributed by atoms with Crippen molar-refractivity contribution in [3.05, 3.63) is 27.6 Å². The summed E-state index contributed by atoms with van der Waals surface area (Å²) in [6.07, 6.45) is -4.77. The highest BCUT2D eigenvalue weighted by atomic mass is 19.4. The van der Waals surface area contributed by atoms with Crippen molar-refractivity contribution in [2.45, 2.75) is 13.3 Å². The van der Waals surface area contributed by atoms with Crippen molar-refractivity contribution in [2.75, 3.05) is 0 Å². The number of ether oxygens (including phenoxy) is 1. The second-order valence-electron chi connectivity index (χ2n) is 3.06. The molecule has 0 aromatic carbocycles. The van der Waals surface area contributed by atoms with E-state index in [1.165, 1.54) is 0 Å². The Morgan fingerprint density at radius 2 is 2.11 bits per heavy atom. The van der Waals surface area contributed by atoms with Crippen LogP contribution in [0.15, 0.2) is 6.20 Å². The first-order chi connectivity index (χ1) is 8.13. The zero-order valence-electron chi connectivity index (χ0n) is 8.69. The van der Waals surface area contributed by atoms with Crippen molar-refractivity contribution in [1.82, 2.24) is 4.98 Å². The molecule has 1 aromatic heterocycles. The van der Waals surface area contributed by atoms with Crippen molar-refractivity contribution >= 4 is 11.7 Å². The Kier molecular flexibility index (Phi) is 3.39. The second kappa shape index (κ2) is 4.47. The first kappa shape index (κ1) is 13.7. The summed E-state index contributed by atoms with van der Waals surface area (Å²) >= 11 is 0. The number of aromatic carboxylic acids is 1. The Morgan fingerprint density at radius 3 is 2.50 bits per heavy atom. The largest absolute Gasteiger partial charge is 0.573 e. The van der Waals surface area contributed by atoms with Crippen LogP contribution in [0.5, 0.6) is 5.75 Å². The van der Waals surface area contributed by atoms with Gasteiger partial charge in [-0.3, -0.25) is 10.1 Å². The number of nitrogens with zero attached hydrogens (tertiary/aromatic N) is 2. The Balaban J connectivity index is 3.45. The van der Waals surface area contributed by atoms with Gasteiger partial charge >= 0.3 is 18.0 Å². The fourth-order valence-corrected chi connectivity index (χ4v) is 1.17. The van der Waals surface area contributed by atoms with Crippen LogP contribution in [0.4, 0.5) is 18.9 Å². The summed E-state index contributed by atoms with van der Waals surface area (Å²) in [7, 11) is 0. The molecular weight excluding hydrogens is 261 g/mol. The summed E-state index contributed by atoms with van der Waals surface area (Å²) in [6, 6.07) is 0. The van der Waals surface area contributed by atoms with Gasteiger partial charge in [0.05, 0.1) is 4.92 Å². The molecular formula is C8H5F3N2O5. The molecule has 0 unspecified atom stereocenters. The highest BCUT2D eigenvalue weighted by Crippen LogP contribution is 2.35. The first-order valence-corrected chi connectivity index (χ1v) is 4.26. The van der Waals surface area contributed by atoms with Crippen molar-refractivity contribution in [3.8, 4) is 5.75 Å². The number of pyridine rings is 1. The molecule has 1 rings (SSSR count). The van der Waals surface area contributed by atoms with Gasteiger partial charge in [-0.1, -0.05) is 0 Å². The third-order valence-corrected chi connectivity index (χ3v) is 1.86. The van der Waals surface area contributed by atoms with Gasteiger partial charge in [-0.2, -0.15) is 0 Å². The molecule has 0 spiro atoms. The number of rotatable bonds is 3. The fraction of sp³-hybridized carbons (Fsp3) is 0.250. The van der Waals surface area contributed by atoms with Gasteiger partial charge < -0.3 is 9.84 Å². The minimum Gasteiger partial charge on any atom is -0.477 e. The lowest BCUT2D eigenvalue weighted by molar-refractivity contribution is -0.389. The van der Waals surface area contributed by atoms with E-state index in [2.05, 4.69) is 9.72 Å². The van der Waals surface area contributed by atoms with E-state index in [4.69, 9.17) is 5.11 Å². The molecule has 98 valence electrons. The predicted molar refractivity (Wildman–Crippen MR) is 49.3 cm³/mol. The van der Waals surface area contributed by atoms with E-state index in [1.807, 2.05) is 0 Å². The number of carboxylic acids is 1. The standard InChI is InChI=1S/C8H5F3N2O5/c1-3-5(7(14)15)12-2-4(13(16)17)6(3)18-8(9,10)11/h2H,1H3,(H,14,15). The van der Waals surface area contributed by atoms with Gasteiger partial charge in [0.1, 0.15) is 6.20 Å². The number of nitro groups is 1. The molecule has 0 bridgehead atoms. The average Bonchev–Trinajstić information content (AvgIpc) is 2.17. The molecule has 1 N–H and O–H groups in total. The van der Waals surface area contributed by atoms with Gasteiger partial charge in [0.2, 0.25) is 5.75 Å². The highest BCUT2D eigenvalue weighted by Gasteiger charge is 2.36. The van der Waals surface area contributed by atoms with E-state index in [0.717, 1.165) is 6.92 Å². The van der Waals surface area contributed by atoms with Crippen LogP contribution < -0.4 is 4.74 Å². The molecule has 10 heteroatoms. The number of aromatic nitrogens is 1. The Labute approximate surface area is 97.0 Å². The molecule has 0 aliphatic rings. The third-order valence-electron chi connectivity index (χ3n) is 1.86. The minimum absolute atomic E-state index is 0.400. The van der Waals surface area contributed by atoms with Gasteiger partial charge in [0.15, 0.2) is 5.69 Å². The molecule has 0 fully saturated rings. The normalized spacial score (nSPS) is 11.1. The van der Waals surface area contributed by atoms with Crippen molar-refractivity contribution in [2.24, 2.45) is 0 Å². The molecule has 0 atom stereocenters. The summed E-state index contributed by atoms with van der Waals surface area (Å²) in [6.45, 7) is 0.935. The molecule has 1 heterocycles. The van der Waals surface area contributed by atoms with Crippen LogP contribution >= 0.6 is 0 Å². The maximum Gasteiger partial charge on any atom is 0.573 e. The van der Waals surface area contributed by atoms with Crippen molar-refractivity contribution < 1.29 is 32.7 Å². The maximum absolute atomic E-state index is 12.1. The molecule has 0 radical (unpaired) electrons. The number of hydrogen-bond donors (Lipinski definition) is 1. The Bertz CT molecular complexity index is 514. The van der Waals surface area contributed by atoms with E-state index in [9.17, 15) is 28.1 Å². The van der Waals surface area contributed by atoms with Gasteiger partial charge in [-0.15, -0.1) is 13.2 Å². The molecule has 0 saturated carbocycles. The summed E-state index contributed by atoms with van der Waals surface area (Å²) < 4.78 is 39.7. The zero-order chi connectivity index (χ0) is 14.1. The number of hydrogen-bond acceptors (Lipinski definition) is 5. The molecule has 0 amide bonds. The quantitative estimate of drug-likeness (QED) is 0.662. The van der Waals surface area contributed by atoms with Crippen LogP contribution in [0, 0.1) is 17.0 Å². The summed E-state index contributed by atoms with van der Waals surface area (Å²) in [5.74, 6) is -2.80. The van der Waals surface area contributed by atoms with Crippen LogP contribution in [-0.2, 0) is 0 Å².